The predicted octanol–water partition coefficient (Wildman–Crippen LogP) is 11.9. The van der Waals surface area contributed by atoms with Gasteiger partial charge in [-0.25, -0.2) is 0 Å². The fourth-order valence-electron chi connectivity index (χ4n) is 7.12. The summed E-state index contributed by atoms with van der Waals surface area (Å²) >= 11 is 0. The van der Waals surface area contributed by atoms with Gasteiger partial charge in [0.05, 0.1) is 16.7 Å². The Morgan fingerprint density at radius 2 is 0.867 bits per heavy atom. The number of hydrogen-bond acceptors (Lipinski definition) is 2. The van der Waals surface area contributed by atoms with Gasteiger partial charge in [-0.15, -0.1) is 0 Å². The molecule has 0 atom stereocenters. The van der Waals surface area contributed by atoms with E-state index in [1.54, 1.807) is 0 Å². The third-order valence-electron chi connectivity index (χ3n) is 9.20. The molecule has 3 heteroatoms. The van der Waals surface area contributed by atoms with Gasteiger partial charge < -0.3 is 13.4 Å². The molecule has 3 heterocycles. The third kappa shape index (κ3) is 3.58. The number of nitrogens with zero attached hydrogens (tertiary/aromatic N) is 1. The van der Waals surface area contributed by atoms with Crippen LogP contribution in [0, 0.1) is 0 Å². The van der Waals surface area contributed by atoms with Crippen LogP contribution in [0.4, 0.5) is 0 Å². The number of hydrogen-bond donors (Lipinski definition) is 0. The highest BCUT2D eigenvalue weighted by molar-refractivity contribution is 6.16. The van der Waals surface area contributed by atoms with Crippen LogP contribution >= 0.6 is 0 Å². The van der Waals surface area contributed by atoms with Crippen LogP contribution in [0.5, 0.6) is 0 Å². The van der Waals surface area contributed by atoms with Crippen molar-refractivity contribution in [2.45, 2.75) is 0 Å². The summed E-state index contributed by atoms with van der Waals surface area (Å²) in [6.45, 7) is 0. The zero-order valence-corrected chi connectivity index (χ0v) is 24.2. The van der Waals surface area contributed by atoms with Gasteiger partial charge in [0.2, 0.25) is 0 Å². The average Bonchev–Trinajstić information content (AvgIpc) is 3.76. The number of para-hydroxylation sites is 3. The molecule has 3 aromatic heterocycles. The Bertz CT molecular complexity index is 2710. The molecule has 210 valence electrons. The van der Waals surface area contributed by atoms with Crippen LogP contribution in [-0.4, -0.2) is 4.57 Å². The van der Waals surface area contributed by atoms with Crippen LogP contribution < -0.4 is 0 Å². The molecule has 0 aliphatic heterocycles. The molecule has 3 nitrogen and oxygen atoms in total. The van der Waals surface area contributed by atoms with Crippen molar-refractivity contribution in [3.8, 4) is 27.9 Å². The van der Waals surface area contributed by atoms with E-state index >= 15 is 0 Å². The maximum atomic E-state index is 6.39. The van der Waals surface area contributed by atoms with Crippen molar-refractivity contribution in [3.05, 3.63) is 152 Å². The van der Waals surface area contributed by atoms with E-state index in [9.17, 15) is 0 Å². The summed E-state index contributed by atoms with van der Waals surface area (Å²) in [4.78, 5) is 0. The fourth-order valence-corrected chi connectivity index (χ4v) is 7.12. The minimum atomic E-state index is 0.827. The van der Waals surface area contributed by atoms with Crippen LogP contribution in [0.2, 0.25) is 0 Å². The number of aromatic nitrogens is 1. The predicted molar refractivity (Wildman–Crippen MR) is 186 cm³/mol. The van der Waals surface area contributed by atoms with Crippen LogP contribution in [0.15, 0.2) is 160 Å². The zero-order valence-electron chi connectivity index (χ0n) is 24.2. The van der Waals surface area contributed by atoms with E-state index in [1.807, 2.05) is 12.1 Å². The number of benzene rings is 7. The first-order chi connectivity index (χ1) is 22.3. The Hall–Kier alpha value is -6.06. The van der Waals surface area contributed by atoms with E-state index in [0.717, 1.165) is 55.1 Å². The first kappa shape index (κ1) is 24.4. The first-order valence-corrected chi connectivity index (χ1v) is 15.3. The van der Waals surface area contributed by atoms with Crippen molar-refractivity contribution in [2.24, 2.45) is 0 Å². The summed E-state index contributed by atoms with van der Waals surface area (Å²) in [6.07, 6.45) is 0. The maximum absolute atomic E-state index is 6.39. The molecule has 10 aromatic rings. The van der Waals surface area contributed by atoms with E-state index in [0.29, 0.717) is 0 Å². The van der Waals surface area contributed by atoms with Crippen LogP contribution in [0.1, 0.15) is 0 Å². The second-order valence-electron chi connectivity index (χ2n) is 11.7. The smallest absolute Gasteiger partial charge is 0.139 e. The molecule has 10 rings (SSSR count). The lowest BCUT2D eigenvalue weighted by Crippen LogP contribution is -1.96. The fraction of sp³-hybridized carbons (Fsp3) is 0. The quantitative estimate of drug-likeness (QED) is 0.210. The topological polar surface area (TPSA) is 31.2 Å². The highest BCUT2D eigenvalue weighted by Gasteiger charge is 2.18. The lowest BCUT2D eigenvalue weighted by Gasteiger charge is -2.14. The molecule has 7 aromatic carbocycles. The van der Waals surface area contributed by atoms with Crippen LogP contribution in [-0.2, 0) is 0 Å². The van der Waals surface area contributed by atoms with E-state index in [4.69, 9.17) is 8.83 Å². The molecular formula is C42H25NO2. The summed E-state index contributed by atoms with van der Waals surface area (Å²) in [5, 5.41) is 6.89. The molecule has 0 amide bonds. The van der Waals surface area contributed by atoms with Crippen molar-refractivity contribution in [3.63, 3.8) is 0 Å². The monoisotopic (exact) mass is 575 g/mol. The van der Waals surface area contributed by atoms with Crippen molar-refractivity contribution in [2.75, 3.05) is 0 Å². The van der Waals surface area contributed by atoms with Gasteiger partial charge in [0.1, 0.15) is 22.3 Å². The molecule has 0 radical (unpaired) electrons. The van der Waals surface area contributed by atoms with Gasteiger partial charge in [0.15, 0.2) is 0 Å². The summed E-state index contributed by atoms with van der Waals surface area (Å²) < 4.78 is 15.1. The molecule has 0 saturated heterocycles. The zero-order chi connectivity index (χ0) is 29.5. The van der Waals surface area contributed by atoms with Gasteiger partial charge in [0.25, 0.3) is 0 Å². The Balaban J connectivity index is 1.19. The summed E-state index contributed by atoms with van der Waals surface area (Å²) in [6, 6.07) is 53.7. The summed E-state index contributed by atoms with van der Waals surface area (Å²) in [5.74, 6) is 0. The second-order valence-corrected chi connectivity index (χ2v) is 11.7. The minimum absolute atomic E-state index is 0.827. The van der Waals surface area contributed by atoms with Crippen molar-refractivity contribution >= 4 is 65.7 Å². The molecular weight excluding hydrogens is 550 g/mol. The third-order valence-corrected chi connectivity index (χ3v) is 9.20. The molecule has 0 saturated carbocycles. The molecule has 0 bridgehead atoms. The Labute approximate surface area is 258 Å². The summed E-state index contributed by atoms with van der Waals surface area (Å²) in [7, 11) is 0. The molecule has 0 N–H and O–H groups in total. The highest BCUT2D eigenvalue weighted by atomic mass is 16.3. The van der Waals surface area contributed by atoms with E-state index in [-0.39, 0.29) is 0 Å². The normalized spacial score (nSPS) is 12.0. The van der Waals surface area contributed by atoms with Gasteiger partial charge >= 0.3 is 0 Å². The van der Waals surface area contributed by atoms with Gasteiger partial charge in [-0.1, -0.05) is 97.1 Å². The lowest BCUT2D eigenvalue weighted by atomic mass is 9.99. The Morgan fingerprint density at radius 1 is 0.333 bits per heavy atom. The minimum Gasteiger partial charge on any atom is -0.456 e. The molecule has 45 heavy (non-hydrogen) atoms. The van der Waals surface area contributed by atoms with Gasteiger partial charge in [0, 0.05) is 43.9 Å². The van der Waals surface area contributed by atoms with Crippen molar-refractivity contribution < 1.29 is 8.83 Å². The molecule has 0 aliphatic rings. The van der Waals surface area contributed by atoms with E-state index in [1.165, 1.54) is 38.5 Å². The first-order valence-electron chi connectivity index (χ1n) is 15.3. The number of furan rings is 2. The van der Waals surface area contributed by atoms with Gasteiger partial charge in [-0.3, -0.25) is 0 Å². The van der Waals surface area contributed by atoms with Crippen molar-refractivity contribution in [1.29, 1.82) is 0 Å². The summed E-state index contributed by atoms with van der Waals surface area (Å²) in [5.41, 5.74) is 11.6. The average molecular weight is 576 g/mol. The lowest BCUT2D eigenvalue weighted by molar-refractivity contribution is 0.656. The number of rotatable bonds is 3. The van der Waals surface area contributed by atoms with Gasteiger partial charge in [-0.05, 0) is 65.2 Å². The van der Waals surface area contributed by atoms with Gasteiger partial charge in [-0.2, -0.15) is 0 Å². The highest BCUT2D eigenvalue weighted by Crippen LogP contribution is 2.41. The number of fused-ring (bicyclic) bond motifs is 9. The second kappa shape index (κ2) is 9.22. The Kier molecular flexibility index (Phi) is 5.00. The van der Waals surface area contributed by atoms with Crippen LogP contribution in [0.3, 0.4) is 0 Å². The SMILES string of the molecule is c1ccc(-c2ccc3oc4cc5oc6ccc(-c7ccccc7-n7c8ccccc8c8ccccc87)cc6c5cc4c3c2)cc1. The Morgan fingerprint density at radius 3 is 1.56 bits per heavy atom. The van der Waals surface area contributed by atoms with E-state index < -0.39 is 0 Å². The van der Waals surface area contributed by atoms with Crippen LogP contribution in [0.25, 0.3) is 93.6 Å². The molecule has 0 fully saturated rings. The molecule has 0 unspecified atom stereocenters. The largest absolute Gasteiger partial charge is 0.456 e. The molecule has 0 spiro atoms. The van der Waals surface area contributed by atoms with E-state index in [2.05, 4.69) is 144 Å². The molecule has 0 aliphatic carbocycles. The standard InChI is InChI=1S/C42H25NO2/c1-2-10-26(11-3-1)27-18-20-39-32(22-27)34-24-35-33-23-28(19-21-40(33)45-42(35)25-41(34)44-39)29-12-4-7-15-36(29)43-37-16-8-5-13-30(37)31-14-6-9-17-38(31)43/h1-25H. The maximum Gasteiger partial charge on any atom is 0.139 e. The van der Waals surface area contributed by atoms with Crippen molar-refractivity contribution in [1.82, 2.24) is 4.57 Å².